The van der Waals surface area contributed by atoms with E-state index in [4.69, 9.17) is 11.6 Å². The molecule has 0 aliphatic rings. The average Bonchev–Trinajstić information content (AvgIpc) is 2.89. The first kappa shape index (κ1) is 16.5. The minimum absolute atomic E-state index is 0.181. The number of nitrogens with zero attached hydrogens (tertiary/aromatic N) is 3. The van der Waals surface area contributed by atoms with E-state index in [2.05, 4.69) is 51.2 Å². The van der Waals surface area contributed by atoms with E-state index in [1.54, 1.807) is 6.33 Å². The maximum Gasteiger partial charge on any atom is 0.138 e. The van der Waals surface area contributed by atoms with E-state index < -0.39 is 0 Å². The van der Waals surface area contributed by atoms with Crippen LogP contribution in [-0.2, 0) is 13.0 Å². The summed E-state index contributed by atoms with van der Waals surface area (Å²) in [7, 11) is 0. The molecule has 114 valence electrons. The van der Waals surface area contributed by atoms with Crippen LogP contribution in [0.25, 0.3) is 0 Å². The van der Waals surface area contributed by atoms with Gasteiger partial charge in [0.1, 0.15) is 12.2 Å². The maximum atomic E-state index is 6.21. The summed E-state index contributed by atoms with van der Waals surface area (Å²) in [6, 6.07) is 6.25. The van der Waals surface area contributed by atoms with Crippen LogP contribution < -0.4 is 5.32 Å². The van der Waals surface area contributed by atoms with Crippen LogP contribution in [0.5, 0.6) is 0 Å². The van der Waals surface area contributed by atoms with Crippen LogP contribution in [-0.4, -0.2) is 21.3 Å². The molecule has 0 saturated heterocycles. The van der Waals surface area contributed by atoms with Crippen molar-refractivity contribution in [1.29, 1.82) is 0 Å². The van der Waals surface area contributed by atoms with E-state index in [9.17, 15) is 0 Å². The molecular weight excluding hydrogens is 352 g/mol. The number of benzene rings is 1. The molecule has 0 bridgehead atoms. The average molecular weight is 372 g/mol. The number of halogens is 2. The quantitative estimate of drug-likeness (QED) is 0.800. The van der Waals surface area contributed by atoms with E-state index >= 15 is 0 Å². The van der Waals surface area contributed by atoms with Crippen molar-refractivity contribution in [3.8, 4) is 0 Å². The van der Waals surface area contributed by atoms with Gasteiger partial charge in [-0.15, -0.1) is 0 Å². The first-order chi connectivity index (χ1) is 10.2. The molecule has 1 N–H and O–H groups in total. The summed E-state index contributed by atoms with van der Waals surface area (Å²) in [4.78, 5) is 4.39. The van der Waals surface area contributed by atoms with Gasteiger partial charge in [-0.1, -0.05) is 31.5 Å². The lowest BCUT2D eigenvalue weighted by Gasteiger charge is -2.19. The molecule has 0 fully saturated rings. The number of hydrogen-bond acceptors (Lipinski definition) is 3. The fourth-order valence-electron chi connectivity index (χ4n) is 2.31. The Kier molecular flexibility index (Phi) is 6.21. The standard InChI is InChI=1S/C15H20BrClN4/c1-3-7-21-15(19-10-20-21)9-14(18-4-2)11-5-6-12(16)13(17)8-11/h5-6,8,10,14,18H,3-4,7,9H2,1-2H3. The van der Waals surface area contributed by atoms with Crippen molar-refractivity contribution in [1.82, 2.24) is 20.1 Å². The van der Waals surface area contributed by atoms with Crippen molar-refractivity contribution >= 4 is 27.5 Å². The zero-order chi connectivity index (χ0) is 15.2. The lowest BCUT2D eigenvalue weighted by Crippen LogP contribution is -2.24. The largest absolute Gasteiger partial charge is 0.310 e. The second-order valence-corrected chi connectivity index (χ2v) is 6.15. The molecule has 4 nitrogen and oxygen atoms in total. The number of nitrogens with one attached hydrogen (secondary N) is 1. The van der Waals surface area contributed by atoms with E-state index in [1.165, 1.54) is 0 Å². The molecule has 0 saturated carbocycles. The molecule has 6 heteroatoms. The van der Waals surface area contributed by atoms with Crippen LogP contribution in [0.1, 0.15) is 37.7 Å². The SMILES string of the molecule is CCCn1ncnc1CC(NCC)c1ccc(Br)c(Cl)c1. The zero-order valence-corrected chi connectivity index (χ0v) is 14.7. The zero-order valence-electron chi connectivity index (χ0n) is 12.3. The Bertz CT molecular complexity index is 585. The van der Waals surface area contributed by atoms with Crippen LogP contribution in [0.4, 0.5) is 0 Å². The smallest absolute Gasteiger partial charge is 0.138 e. The number of aryl methyl sites for hydroxylation is 1. The molecule has 1 heterocycles. The van der Waals surface area contributed by atoms with Crippen LogP contribution in [0.2, 0.25) is 5.02 Å². The van der Waals surface area contributed by atoms with Crippen molar-refractivity contribution in [2.45, 2.75) is 39.3 Å². The Labute approximate surface area is 139 Å². The first-order valence-corrected chi connectivity index (χ1v) is 8.37. The highest BCUT2D eigenvalue weighted by Gasteiger charge is 2.16. The second-order valence-electron chi connectivity index (χ2n) is 4.89. The van der Waals surface area contributed by atoms with E-state index in [0.29, 0.717) is 0 Å². The van der Waals surface area contributed by atoms with E-state index in [-0.39, 0.29) is 6.04 Å². The van der Waals surface area contributed by atoms with Crippen molar-refractivity contribution in [3.05, 3.63) is 45.4 Å². The Morgan fingerprint density at radius 2 is 2.19 bits per heavy atom. The fraction of sp³-hybridized carbons (Fsp3) is 0.467. The van der Waals surface area contributed by atoms with E-state index in [1.807, 2.05) is 16.8 Å². The van der Waals surface area contributed by atoms with Crippen LogP contribution in [0.15, 0.2) is 29.0 Å². The van der Waals surface area contributed by atoms with Gasteiger partial charge in [-0.3, -0.25) is 4.68 Å². The van der Waals surface area contributed by atoms with Gasteiger partial charge in [0.05, 0.1) is 5.02 Å². The molecular formula is C15H20BrClN4. The predicted molar refractivity (Wildman–Crippen MR) is 89.6 cm³/mol. The monoisotopic (exact) mass is 370 g/mol. The molecule has 0 radical (unpaired) electrons. The van der Waals surface area contributed by atoms with Crippen LogP contribution >= 0.6 is 27.5 Å². The van der Waals surface area contributed by atoms with Gasteiger partial charge in [0.2, 0.25) is 0 Å². The molecule has 0 aliphatic carbocycles. The third-order valence-corrected chi connectivity index (χ3v) is 4.55. The maximum absolute atomic E-state index is 6.21. The molecule has 1 atom stereocenters. The molecule has 21 heavy (non-hydrogen) atoms. The Morgan fingerprint density at radius 3 is 2.86 bits per heavy atom. The van der Waals surface area contributed by atoms with Gasteiger partial charge in [0, 0.05) is 23.5 Å². The number of rotatable bonds is 7. The lowest BCUT2D eigenvalue weighted by molar-refractivity contribution is 0.498. The summed E-state index contributed by atoms with van der Waals surface area (Å²) >= 11 is 9.64. The van der Waals surface area contributed by atoms with Gasteiger partial charge in [-0.25, -0.2) is 4.98 Å². The molecule has 2 aromatic rings. The van der Waals surface area contributed by atoms with Gasteiger partial charge >= 0.3 is 0 Å². The molecule has 0 aliphatic heterocycles. The highest BCUT2D eigenvalue weighted by atomic mass is 79.9. The summed E-state index contributed by atoms with van der Waals surface area (Å²) in [5, 5.41) is 8.51. The Hall–Kier alpha value is -0.910. The lowest BCUT2D eigenvalue weighted by atomic mass is 10.0. The summed E-state index contributed by atoms with van der Waals surface area (Å²) in [6.45, 7) is 6.03. The third kappa shape index (κ3) is 4.28. The predicted octanol–water partition coefficient (Wildman–Crippen LogP) is 4.00. The molecule has 0 spiro atoms. The Morgan fingerprint density at radius 1 is 1.38 bits per heavy atom. The van der Waals surface area contributed by atoms with Gasteiger partial charge < -0.3 is 5.32 Å². The van der Waals surface area contributed by atoms with Crippen molar-refractivity contribution in [3.63, 3.8) is 0 Å². The second kappa shape index (κ2) is 7.92. The molecule has 2 rings (SSSR count). The van der Waals surface area contributed by atoms with Crippen molar-refractivity contribution in [2.24, 2.45) is 0 Å². The minimum Gasteiger partial charge on any atom is -0.310 e. The summed E-state index contributed by atoms with van der Waals surface area (Å²) in [5.74, 6) is 1.00. The van der Waals surface area contributed by atoms with Crippen molar-refractivity contribution < 1.29 is 0 Å². The minimum atomic E-state index is 0.181. The molecule has 1 unspecified atom stereocenters. The van der Waals surface area contributed by atoms with Gasteiger partial charge in [-0.2, -0.15) is 5.10 Å². The normalized spacial score (nSPS) is 12.6. The first-order valence-electron chi connectivity index (χ1n) is 7.20. The van der Waals surface area contributed by atoms with E-state index in [0.717, 1.165) is 46.8 Å². The van der Waals surface area contributed by atoms with Crippen molar-refractivity contribution in [2.75, 3.05) is 6.54 Å². The molecule has 1 aromatic heterocycles. The molecule has 0 amide bonds. The summed E-state index contributed by atoms with van der Waals surface area (Å²) in [5.41, 5.74) is 1.16. The van der Waals surface area contributed by atoms with Gasteiger partial charge in [-0.05, 0) is 46.6 Å². The van der Waals surface area contributed by atoms with Crippen LogP contribution in [0, 0.1) is 0 Å². The topological polar surface area (TPSA) is 42.7 Å². The molecule has 1 aromatic carbocycles. The Balaban J connectivity index is 2.22. The highest BCUT2D eigenvalue weighted by molar-refractivity contribution is 9.10. The number of hydrogen-bond donors (Lipinski definition) is 1. The number of likely N-dealkylation sites (N-methyl/N-ethyl adjacent to an activating group) is 1. The van der Waals surface area contributed by atoms with Crippen LogP contribution in [0.3, 0.4) is 0 Å². The van der Waals surface area contributed by atoms with Gasteiger partial charge in [0.25, 0.3) is 0 Å². The summed E-state index contributed by atoms with van der Waals surface area (Å²) < 4.78 is 2.89. The number of aromatic nitrogens is 3. The third-order valence-electron chi connectivity index (χ3n) is 3.31. The highest BCUT2D eigenvalue weighted by Crippen LogP contribution is 2.27. The van der Waals surface area contributed by atoms with Gasteiger partial charge in [0.15, 0.2) is 0 Å². The summed E-state index contributed by atoms with van der Waals surface area (Å²) in [6.07, 6.45) is 3.47. The fourth-order valence-corrected chi connectivity index (χ4v) is 2.75.